The highest BCUT2D eigenvalue weighted by atomic mass is 28.3. The van der Waals surface area contributed by atoms with Crippen LogP contribution in [0.3, 0.4) is 0 Å². The summed E-state index contributed by atoms with van der Waals surface area (Å²) in [6.07, 6.45) is 0. The summed E-state index contributed by atoms with van der Waals surface area (Å²) in [7, 11) is -0.0681. The van der Waals surface area contributed by atoms with Crippen LogP contribution in [0.4, 0.5) is 0 Å². The molecule has 0 saturated carbocycles. The van der Waals surface area contributed by atoms with Gasteiger partial charge in [0.05, 0.1) is 21.1 Å². The maximum Gasteiger partial charge on any atom is 0.308 e. The first-order valence-electron chi connectivity index (χ1n) is 5.61. The smallest absolute Gasteiger partial charge is 0.308 e. The summed E-state index contributed by atoms with van der Waals surface area (Å²) in [6, 6.07) is 11.4. The summed E-state index contributed by atoms with van der Waals surface area (Å²) in [5, 5.41) is 1.39. The highest BCUT2D eigenvalue weighted by Crippen LogP contribution is 2.18. The molecule has 0 fully saturated rings. The van der Waals surface area contributed by atoms with E-state index >= 15 is 0 Å². The van der Waals surface area contributed by atoms with Gasteiger partial charge in [-0.1, -0.05) is 55.5 Å². The molecule has 0 spiro atoms. The van der Waals surface area contributed by atoms with Crippen molar-refractivity contribution in [3.05, 3.63) is 30.3 Å². The van der Waals surface area contributed by atoms with Crippen molar-refractivity contribution in [1.29, 1.82) is 0 Å². The summed E-state index contributed by atoms with van der Waals surface area (Å²) in [6.45, 7) is 6.53. The van der Waals surface area contributed by atoms with Crippen LogP contribution in [0.2, 0.25) is 19.1 Å². The van der Waals surface area contributed by atoms with E-state index in [9.17, 15) is 4.79 Å². The molecular formula is C13H20O2Si. The molecule has 16 heavy (non-hydrogen) atoms. The van der Waals surface area contributed by atoms with Crippen molar-refractivity contribution in [3.63, 3.8) is 0 Å². The third kappa shape index (κ3) is 3.20. The highest BCUT2D eigenvalue weighted by molar-refractivity contribution is 6.89. The zero-order chi connectivity index (χ0) is 12.2. The molecule has 0 N–H and O–H groups in total. The lowest BCUT2D eigenvalue weighted by Crippen LogP contribution is -2.43. The number of ether oxygens (including phenoxy) is 1. The van der Waals surface area contributed by atoms with Crippen LogP contribution in [0, 0.1) is 5.92 Å². The number of esters is 1. The van der Waals surface area contributed by atoms with Crippen LogP contribution in [0.15, 0.2) is 30.3 Å². The highest BCUT2D eigenvalue weighted by Gasteiger charge is 2.28. The minimum Gasteiger partial charge on any atom is -0.469 e. The summed E-state index contributed by atoms with van der Waals surface area (Å²) >= 11 is 0. The van der Waals surface area contributed by atoms with E-state index in [1.807, 2.05) is 13.0 Å². The lowest BCUT2D eigenvalue weighted by molar-refractivity contribution is -0.144. The minimum absolute atomic E-state index is 0.00753. The van der Waals surface area contributed by atoms with E-state index in [4.69, 9.17) is 4.74 Å². The van der Waals surface area contributed by atoms with Crippen molar-refractivity contribution >= 4 is 19.2 Å². The fourth-order valence-electron chi connectivity index (χ4n) is 2.06. The Morgan fingerprint density at radius 1 is 1.31 bits per heavy atom. The number of hydrogen-bond donors (Lipinski definition) is 0. The van der Waals surface area contributed by atoms with Gasteiger partial charge in [-0.2, -0.15) is 0 Å². The quantitative estimate of drug-likeness (QED) is 0.593. The molecule has 0 aliphatic carbocycles. The van der Waals surface area contributed by atoms with Gasteiger partial charge in [-0.3, -0.25) is 4.79 Å². The van der Waals surface area contributed by atoms with Gasteiger partial charge in [0.2, 0.25) is 0 Å². The molecule has 2 nitrogen and oxygen atoms in total. The van der Waals surface area contributed by atoms with Crippen LogP contribution in [0.5, 0.6) is 0 Å². The van der Waals surface area contributed by atoms with Gasteiger partial charge in [0.15, 0.2) is 0 Å². The van der Waals surface area contributed by atoms with Crippen LogP contribution < -0.4 is 5.19 Å². The predicted molar refractivity (Wildman–Crippen MR) is 69.5 cm³/mol. The van der Waals surface area contributed by atoms with Crippen LogP contribution in [-0.2, 0) is 9.53 Å². The van der Waals surface area contributed by atoms with Crippen molar-refractivity contribution in [2.75, 3.05) is 7.11 Å². The molecule has 0 aliphatic rings. The van der Waals surface area contributed by atoms with E-state index in [1.165, 1.54) is 12.3 Å². The molecule has 0 amide bonds. The molecule has 0 saturated heterocycles. The average Bonchev–Trinajstić information content (AvgIpc) is 2.28. The van der Waals surface area contributed by atoms with Gasteiger partial charge in [0, 0.05) is 0 Å². The Bertz CT molecular complexity index is 346. The lowest BCUT2D eigenvalue weighted by Gasteiger charge is -2.25. The molecule has 0 aliphatic heterocycles. The van der Waals surface area contributed by atoms with Gasteiger partial charge in [-0.05, 0) is 6.04 Å². The lowest BCUT2D eigenvalue weighted by atomic mass is 10.2. The third-order valence-corrected chi connectivity index (χ3v) is 6.50. The SMILES string of the molecule is COC(=O)C(C)C[Si](C)(C)c1ccccc1. The number of methoxy groups -OCH3 is 1. The summed E-state index contributed by atoms with van der Waals surface area (Å²) in [5.41, 5.74) is 0. The molecule has 0 heterocycles. The Kier molecular flexibility index (Phi) is 4.30. The Balaban J connectivity index is 2.76. The van der Waals surface area contributed by atoms with Crippen molar-refractivity contribution < 1.29 is 9.53 Å². The van der Waals surface area contributed by atoms with Crippen molar-refractivity contribution in [1.82, 2.24) is 0 Å². The maximum atomic E-state index is 11.4. The summed E-state index contributed by atoms with van der Waals surface area (Å²) in [4.78, 5) is 11.4. The molecular weight excluding hydrogens is 216 g/mol. The number of rotatable bonds is 4. The summed E-state index contributed by atoms with van der Waals surface area (Å²) < 4.78 is 4.78. The van der Waals surface area contributed by atoms with Crippen LogP contribution in [-0.4, -0.2) is 21.2 Å². The maximum absolute atomic E-state index is 11.4. The molecule has 0 aromatic heterocycles. The average molecular weight is 236 g/mol. The van der Waals surface area contributed by atoms with Gasteiger partial charge in [-0.15, -0.1) is 0 Å². The van der Waals surface area contributed by atoms with Crippen LogP contribution in [0.25, 0.3) is 0 Å². The van der Waals surface area contributed by atoms with E-state index in [0.717, 1.165) is 6.04 Å². The number of benzene rings is 1. The van der Waals surface area contributed by atoms with E-state index in [-0.39, 0.29) is 11.9 Å². The van der Waals surface area contributed by atoms with E-state index in [2.05, 4.69) is 37.4 Å². The van der Waals surface area contributed by atoms with Crippen LogP contribution in [0.1, 0.15) is 6.92 Å². The predicted octanol–water partition coefficient (Wildman–Crippen LogP) is 2.41. The molecule has 88 valence electrons. The van der Waals surface area contributed by atoms with Crippen molar-refractivity contribution in [2.45, 2.75) is 26.1 Å². The van der Waals surface area contributed by atoms with Gasteiger partial charge >= 0.3 is 5.97 Å². The molecule has 3 heteroatoms. The van der Waals surface area contributed by atoms with Gasteiger partial charge in [-0.25, -0.2) is 0 Å². The first-order chi connectivity index (χ1) is 7.47. The number of carbonyl (C=O) groups excluding carboxylic acids is 1. The zero-order valence-corrected chi connectivity index (χ0v) is 11.5. The molecule has 1 aromatic rings. The van der Waals surface area contributed by atoms with Gasteiger partial charge in [0.25, 0.3) is 0 Å². The second-order valence-corrected chi connectivity index (χ2v) is 9.63. The fraction of sp³-hybridized carbons (Fsp3) is 0.462. The van der Waals surface area contributed by atoms with Crippen LogP contribution >= 0.6 is 0 Å². The molecule has 1 unspecified atom stereocenters. The van der Waals surface area contributed by atoms with Gasteiger partial charge in [0.1, 0.15) is 0 Å². The topological polar surface area (TPSA) is 26.3 Å². The number of carbonyl (C=O) groups is 1. The molecule has 0 radical (unpaired) electrons. The second-order valence-electron chi connectivity index (χ2n) is 4.88. The minimum atomic E-state index is -1.52. The fourth-order valence-corrected chi connectivity index (χ4v) is 5.09. The Labute approximate surface area is 98.6 Å². The Morgan fingerprint density at radius 2 is 1.88 bits per heavy atom. The third-order valence-electron chi connectivity index (χ3n) is 2.98. The number of hydrogen-bond acceptors (Lipinski definition) is 2. The Morgan fingerprint density at radius 3 is 2.38 bits per heavy atom. The van der Waals surface area contributed by atoms with E-state index < -0.39 is 8.07 Å². The monoisotopic (exact) mass is 236 g/mol. The van der Waals surface area contributed by atoms with Gasteiger partial charge < -0.3 is 4.74 Å². The van der Waals surface area contributed by atoms with E-state index in [1.54, 1.807) is 0 Å². The first-order valence-corrected chi connectivity index (χ1v) is 8.81. The zero-order valence-electron chi connectivity index (χ0n) is 10.5. The Hall–Kier alpha value is -1.09. The van der Waals surface area contributed by atoms with Crippen molar-refractivity contribution in [2.24, 2.45) is 5.92 Å². The second kappa shape index (κ2) is 5.30. The molecule has 1 rings (SSSR count). The standard InChI is InChI=1S/C13H20O2Si/c1-11(13(14)15-2)10-16(3,4)12-8-6-5-7-9-12/h5-9,11H,10H2,1-4H3. The largest absolute Gasteiger partial charge is 0.469 e. The van der Waals surface area contributed by atoms with Crippen molar-refractivity contribution in [3.8, 4) is 0 Å². The first kappa shape index (κ1) is 13.0. The summed E-state index contributed by atoms with van der Waals surface area (Å²) in [5.74, 6) is -0.108. The normalized spacial score (nSPS) is 13.2. The molecule has 1 aromatic carbocycles. The molecule has 1 atom stereocenters. The van der Waals surface area contributed by atoms with E-state index in [0.29, 0.717) is 0 Å². The molecule has 0 bridgehead atoms.